The molecule has 1 unspecified atom stereocenters. The molecule has 0 spiro atoms. The SMILES string of the molecule is CCCCOc1ccc(C(=O)N2CCCC(N(C)CC(=O)O)CC2)cc1. The summed E-state index contributed by atoms with van der Waals surface area (Å²) in [5.74, 6) is 0.0128. The number of nitrogens with zero attached hydrogens (tertiary/aromatic N) is 2. The van der Waals surface area contributed by atoms with Gasteiger partial charge < -0.3 is 14.7 Å². The number of ether oxygens (including phenoxy) is 1. The highest BCUT2D eigenvalue weighted by molar-refractivity contribution is 5.94. The molecule has 1 fully saturated rings. The molecule has 26 heavy (non-hydrogen) atoms. The lowest BCUT2D eigenvalue weighted by molar-refractivity contribution is -0.138. The van der Waals surface area contributed by atoms with Crippen molar-refractivity contribution in [3.05, 3.63) is 29.8 Å². The number of hydrogen-bond acceptors (Lipinski definition) is 4. The van der Waals surface area contributed by atoms with Gasteiger partial charge in [0, 0.05) is 24.7 Å². The van der Waals surface area contributed by atoms with Crippen molar-refractivity contribution in [2.45, 2.75) is 45.1 Å². The van der Waals surface area contributed by atoms with E-state index < -0.39 is 5.97 Å². The molecule has 1 saturated heterocycles. The molecule has 1 aliphatic heterocycles. The number of unbranched alkanes of at least 4 members (excludes halogenated alkanes) is 1. The molecule has 1 atom stereocenters. The van der Waals surface area contributed by atoms with Crippen LogP contribution >= 0.6 is 0 Å². The van der Waals surface area contributed by atoms with Gasteiger partial charge in [0.2, 0.25) is 0 Å². The number of carbonyl (C=O) groups is 2. The van der Waals surface area contributed by atoms with E-state index in [2.05, 4.69) is 6.92 Å². The number of likely N-dealkylation sites (N-methyl/N-ethyl adjacent to an activating group) is 1. The van der Waals surface area contributed by atoms with Crippen LogP contribution in [0.3, 0.4) is 0 Å². The van der Waals surface area contributed by atoms with E-state index >= 15 is 0 Å². The predicted molar refractivity (Wildman–Crippen MR) is 101 cm³/mol. The number of likely N-dealkylation sites (tertiary alicyclic amines) is 1. The molecule has 144 valence electrons. The maximum Gasteiger partial charge on any atom is 0.317 e. The maximum atomic E-state index is 12.8. The molecule has 1 heterocycles. The summed E-state index contributed by atoms with van der Waals surface area (Å²) >= 11 is 0. The van der Waals surface area contributed by atoms with Crippen molar-refractivity contribution >= 4 is 11.9 Å². The van der Waals surface area contributed by atoms with Gasteiger partial charge in [-0.1, -0.05) is 13.3 Å². The first-order valence-electron chi connectivity index (χ1n) is 9.45. The van der Waals surface area contributed by atoms with E-state index in [1.54, 1.807) is 0 Å². The van der Waals surface area contributed by atoms with E-state index in [9.17, 15) is 9.59 Å². The van der Waals surface area contributed by atoms with Gasteiger partial charge in [0.25, 0.3) is 5.91 Å². The fraction of sp³-hybridized carbons (Fsp3) is 0.600. The molecular formula is C20H30N2O4. The highest BCUT2D eigenvalue weighted by Crippen LogP contribution is 2.19. The zero-order valence-electron chi connectivity index (χ0n) is 15.8. The monoisotopic (exact) mass is 362 g/mol. The van der Waals surface area contributed by atoms with Gasteiger partial charge in [0.05, 0.1) is 13.2 Å². The first-order valence-corrected chi connectivity index (χ1v) is 9.45. The second-order valence-corrected chi connectivity index (χ2v) is 6.91. The lowest BCUT2D eigenvalue weighted by Crippen LogP contribution is -2.37. The average Bonchev–Trinajstić information content (AvgIpc) is 2.87. The van der Waals surface area contributed by atoms with E-state index in [0.29, 0.717) is 25.3 Å². The third kappa shape index (κ3) is 6.02. The summed E-state index contributed by atoms with van der Waals surface area (Å²) in [7, 11) is 1.84. The molecule has 0 aromatic heterocycles. The molecule has 1 aromatic rings. The van der Waals surface area contributed by atoms with E-state index in [-0.39, 0.29) is 18.5 Å². The summed E-state index contributed by atoms with van der Waals surface area (Å²) in [4.78, 5) is 27.4. The van der Waals surface area contributed by atoms with Gasteiger partial charge in [-0.05, 0) is 57.0 Å². The van der Waals surface area contributed by atoms with Crippen LogP contribution < -0.4 is 4.74 Å². The first-order chi connectivity index (χ1) is 12.5. The quantitative estimate of drug-likeness (QED) is 0.720. The average molecular weight is 362 g/mol. The Morgan fingerprint density at radius 2 is 1.96 bits per heavy atom. The lowest BCUT2D eigenvalue weighted by atomic mass is 10.1. The largest absolute Gasteiger partial charge is 0.494 e. The van der Waals surface area contributed by atoms with Crippen molar-refractivity contribution in [2.75, 3.05) is 33.3 Å². The van der Waals surface area contributed by atoms with Crippen LogP contribution in [-0.2, 0) is 4.79 Å². The van der Waals surface area contributed by atoms with Gasteiger partial charge >= 0.3 is 5.97 Å². The van der Waals surface area contributed by atoms with Gasteiger partial charge in [-0.3, -0.25) is 14.5 Å². The van der Waals surface area contributed by atoms with Crippen LogP contribution in [0.4, 0.5) is 0 Å². The standard InChI is InChI=1S/C20H30N2O4/c1-3-4-14-26-18-9-7-16(8-10-18)20(25)22-12-5-6-17(11-13-22)21(2)15-19(23)24/h7-10,17H,3-6,11-15H2,1-2H3,(H,23,24). The van der Waals surface area contributed by atoms with Crippen molar-refractivity contribution in [3.8, 4) is 5.75 Å². The number of aliphatic carboxylic acids is 1. The molecule has 1 aliphatic rings. The van der Waals surface area contributed by atoms with Crippen LogP contribution in [0.15, 0.2) is 24.3 Å². The molecule has 0 radical (unpaired) electrons. The van der Waals surface area contributed by atoms with E-state index in [4.69, 9.17) is 9.84 Å². The van der Waals surface area contributed by atoms with Crippen LogP contribution in [0.2, 0.25) is 0 Å². The van der Waals surface area contributed by atoms with Crippen molar-refractivity contribution in [2.24, 2.45) is 0 Å². The second-order valence-electron chi connectivity index (χ2n) is 6.91. The third-order valence-corrected chi connectivity index (χ3v) is 4.86. The zero-order chi connectivity index (χ0) is 18.9. The summed E-state index contributed by atoms with van der Waals surface area (Å²) in [5.41, 5.74) is 0.671. The number of rotatable bonds is 8. The fourth-order valence-corrected chi connectivity index (χ4v) is 3.28. The Hall–Kier alpha value is -2.08. The second kappa shape index (κ2) is 10.2. The van der Waals surface area contributed by atoms with Gasteiger partial charge in [0.1, 0.15) is 5.75 Å². The number of amides is 1. The molecule has 0 bridgehead atoms. The number of hydrogen-bond donors (Lipinski definition) is 1. The van der Waals surface area contributed by atoms with Crippen LogP contribution in [0.1, 0.15) is 49.4 Å². The number of carboxylic acid groups (broad SMARTS) is 1. The molecular weight excluding hydrogens is 332 g/mol. The number of carbonyl (C=O) groups excluding carboxylic acids is 1. The van der Waals surface area contributed by atoms with Crippen molar-refractivity contribution in [1.82, 2.24) is 9.80 Å². The topological polar surface area (TPSA) is 70.1 Å². The molecule has 2 rings (SSSR count). The van der Waals surface area contributed by atoms with Crippen LogP contribution in [0.25, 0.3) is 0 Å². The molecule has 1 amide bonds. The highest BCUT2D eigenvalue weighted by atomic mass is 16.5. The Balaban J connectivity index is 1.90. The van der Waals surface area contributed by atoms with Gasteiger partial charge in [-0.25, -0.2) is 0 Å². The minimum atomic E-state index is -0.814. The van der Waals surface area contributed by atoms with Gasteiger partial charge in [-0.15, -0.1) is 0 Å². The lowest BCUT2D eigenvalue weighted by Gasteiger charge is -2.25. The number of benzene rings is 1. The summed E-state index contributed by atoms with van der Waals surface area (Å²) in [6.07, 6.45) is 4.71. The Bertz CT molecular complexity index is 588. The Kier molecular flexibility index (Phi) is 7.91. The van der Waals surface area contributed by atoms with Crippen molar-refractivity contribution in [3.63, 3.8) is 0 Å². The minimum Gasteiger partial charge on any atom is -0.494 e. The Morgan fingerprint density at radius 1 is 1.23 bits per heavy atom. The molecule has 0 aliphatic carbocycles. The fourth-order valence-electron chi connectivity index (χ4n) is 3.28. The maximum absolute atomic E-state index is 12.8. The van der Waals surface area contributed by atoms with Crippen LogP contribution in [-0.4, -0.2) is 66.1 Å². The molecule has 0 saturated carbocycles. The summed E-state index contributed by atoms with van der Waals surface area (Å²) in [5, 5.41) is 8.95. The summed E-state index contributed by atoms with van der Waals surface area (Å²) < 4.78 is 5.64. The van der Waals surface area contributed by atoms with Crippen LogP contribution in [0, 0.1) is 0 Å². The minimum absolute atomic E-state index is 0.0339. The Labute approximate surface area is 155 Å². The van der Waals surface area contributed by atoms with Gasteiger partial charge in [0.15, 0.2) is 0 Å². The summed E-state index contributed by atoms with van der Waals surface area (Å²) in [6, 6.07) is 7.55. The molecule has 1 aromatic carbocycles. The molecule has 6 heteroatoms. The van der Waals surface area contributed by atoms with Crippen LogP contribution in [0.5, 0.6) is 5.75 Å². The molecule has 6 nitrogen and oxygen atoms in total. The van der Waals surface area contributed by atoms with Gasteiger partial charge in [-0.2, -0.15) is 0 Å². The number of carboxylic acids is 1. The van der Waals surface area contributed by atoms with Crippen molar-refractivity contribution in [1.29, 1.82) is 0 Å². The third-order valence-electron chi connectivity index (χ3n) is 4.86. The first kappa shape index (κ1) is 20.2. The highest BCUT2D eigenvalue weighted by Gasteiger charge is 2.24. The predicted octanol–water partition coefficient (Wildman–Crippen LogP) is 2.88. The van der Waals surface area contributed by atoms with Crippen molar-refractivity contribution < 1.29 is 19.4 Å². The smallest absolute Gasteiger partial charge is 0.317 e. The normalized spacial score (nSPS) is 17.8. The van der Waals surface area contributed by atoms with E-state index in [1.165, 1.54) is 0 Å². The van der Waals surface area contributed by atoms with E-state index in [0.717, 1.165) is 37.9 Å². The molecule has 1 N–H and O–H groups in total. The summed E-state index contributed by atoms with van der Waals surface area (Å²) in [6.45, 7) is 4.22. The Morgan fingerprint density at radius 3 is 2.62 bits per heavy atom. The van der Waals surface area contributed by atoms with E-state index in [1.807, 2.05) is 41.1 Å². The zero-order valence-corrected chi connectivity index (χ0v) is 15.8.